The molecule has 1 unspecified atom stereocenters. The first-order valence-corrected chi connectivity index (χ1v) is 5.62. The molecule has 0 amide bonds. The van der Waals surface area contributed by atoms with Crippen LogP contribution < -0.4 is 0 Å². The van der Waals surface area contributed by atoms with Crippen LogP contribution in [0.5, 0.6) is 0 Å². The van der Waals surface area contributed by atoms with Gasteiger partial charge in [0, 0.05) is 6.04 Å². The van der Waals surface area contributed by atoms with Crippen LogP contribution in [0, 0.1) is 0 Å². The summed E-state index contributed by atoms with van der Waals surface area (Å²) in [4.78, 5) is 2.67. The van der Waals surface area contributed by atoms with Gasteiger partial charge < -0.3 is 4.90 Å². The Hall–Kier alpha value is -0.0400. The summed E-state index contributed by atoms with van der Waals surface area (Å²) < 4.78 is 0. The number of hydrogen-bond donors (Lipinski definition) is 0. The minimum atomic E-state index is 0.920. The fourth-order valence-electron chi connectivity index (χ4n) is 2.24. The van der Waals surface area contributed by atoms with E-state index in [-0.39, 0.29) is 0 Å². The molecule has 1 heterocycles. The molecule has 0 saturated carbocycles. The fourth-order valence-corrected chi connectivity index (χ4v) is 2.24. The van der Waals surface area contributed by atoms with E-state index < -0.39 is 0 Å². The van der Waals surface area contributed by atoms with Crippen LogP contribution in [0.25, 0.3) is 0 Å². The summed E-state index contributed by atoms with van der Waals surface area (Å²) in [5, 5.41) is 0. The molecule has 1 aliphatic rings. The summed E-state index contributed by atoms with van der Waals surface area (Å²) in [6.07, 6.45) is 8.55. The zero-order chi connectivity index (χ0) is 8.81. The van der Waals surface area contributed by atoms with Crippen molar-refractivity contribution in [2.45, 2.75) is 58.4 Å². The van der Waals surface area contributed by atoms with Gasteiger partial charge >= 0.3 is 0 Å². The lowest BCUT2D eigenvalue weighted by Crippen LogP contribution is -2.39. The zero-order valence-corrected chi connectivity index (χ0v) is 8.68. The molecule has 72 valence electrons. The van der Waals surface area contributed by atoms with E-state index in [1.807, 2.05) is 0 Å². The van der Waals surface area contributed by atoms with Gasteiger partial charge in [-0.1, -0.05) is 33.1 Å². The molecule has 0 spiro atoms. The van der Waals surface area contributed by atoms with Crippen molar-refractivity contribution >= 4 is 0 Å². The van der Waals surface area contributed by atoms with Crippen LogP contribution in [0.1, 0.15) is 52.4 Å². The van der Waals surface area contributed by atoms with E-state index in [9.17, 15) is 0 Å². The molecule has 1 saturated heterocycles. The second-order valence-corrected chi connectivity index (χ2v) is 3.92. The van der Waals surface area contributed by atoms with E-state index in [2.05, 4.69) is 18.7 Å². The number of likely N-dealkylation sites (tertiary alicyclic amines) is 1. The first kappa shape index (κ1) is 10.0. The molecule has 12 heavy (non-hydrogen) atoms. The molecule has 1 rings (SSSR count). The van der Waals surface area contributed by atoms with Gasteiger partial charge in [-0.05, 0) is 32.4 Å². The quantitative estimate of drug-likeness (QED) is 0.625. The molecule has 0 aliphatic carbocycles. The molecule has 1 fully saturated rings. The van der Waals surface area contributed by atoms with Crippen molar-refractivity contribution in [3.63, 3.8) is 0 Å². The van der Waals surface area contributed by atoms with Crippen molar-refractivity contribution in [3.8, 4) is 0 Å². The van der Waals surface area contributed by atoms with Gasteiger partial charge in [-0.25, -0.2) is 0 Å². The highest BCUT2D eigenvalue weighted by Gasteiger charge is 2.19. The predicted octanol–water partition coefficient (Wildman–Crippen LogP) is 3.05. The van der Waals surface area contributed by atoms with Gasteiger partial charge in [-0.3, -0.25) is 0 Å². The van der Waals surface area contributed by atoms with Crippen molar-refractivity contribution < 1.29 is 0 Å². The number of hydrogen-bond acceptors (Lipinski definition) is 1. The molecular weight excluding hydrogens is 146 g/mol. The van der Waals surface area contributed by atoms with E-state index in [1.54, 1.807) is 0 Å². The molecule has 0 aromatic carbocycles. The van der Waals surface area contributed by atoms with Crippen LogP contribution in [0.15, 0.2) is 0 Å². The Kier molecular flexibility index (Phi) is 4.67. The van der Waals surface area contributed by atoms with Gasteiger partial charge in [-0.2, -0.15) is 0 Å². The minimum Gasteiger partial charge on any atom is -0.301 e. The average molecular weight is 169 g/mol. The van der Waals surface area contributed by atoms with Crippen molar-refractivity contribution in [2.75, 3.05) is 13.1 Å². The summed E-state index contributed by atoms with van der Waals surface area (Å²) in [6.45, 7) is 7.20. The summed E-state index contributed by atoms with van der Waals surface area (Å²) >= 11 is 0. The fraction of sp³-hybridized carbons (Fsp3) is 1.00. The Labute approximate surface area is 77.1 Å². The van der Waals surface area contributed by atoms with Crippen molar-refractivity contribution in [3.05, 3.63) is 0 Å². The van der Waals surface area contributed by atoms with E-state index in [0.29, 0.717) is 0 Å². The Morgan fingerprint density at radius 3 is 2.75 bits per heavy atom. The molecule has 0 N–H and O–H groups in total. The van der Waals surface area contributed by atoms with Gasteiger partial charge in [0.05, 0.1) is 0 Å². The second kappa shape index (κ2) is 5.58. The van der Waals surface area contributed by atoms with Gasteiger partial charge in [-0.15, -0.1) is 0 Å². The van der Waals surface area contributed by atoms with Crippen LogP contribution in [-0.4, -0.2) is 24.0 Å². The standard InChI is InChI=1S/C11H23N/c1-3-5-8-11-9-6-7-10-12(11)4-2/h11H,3-10H2,1-2H3. The lowest BCUT2D eigenvalue weighted by atomic mass is 9.97. The Bertz CT molecular complexity index is 112. The highest BCUT2D eigenvalue weighted by atomic mass is 15.2. The molecule has 0 aromatic rings. The molecule has 1 nitrogen and oxygen atoms in total. The minimum absolute atomic E-state index is 0.920. The molecule has 1 atom stereocenters. The number of piperidine rings is 1. The first-order chi connectivity index (χ1) is 5.88. The maximum absolute atomic E-state index is 2.67. The van der Waals surface area contributed by atoms with E-state index >= 15 is 0 Å². The van der Waals surface area contributed by atoms with E-state index in [4.69, 9.17) is 0 Å². The Balaban J connectivity index is 2.26. The highest BCUT2D eigenvalue weighted by molar-refractivity contribution is 4.75. The number of unbranched alkanes of at least 4 members (excludes halogenated alkanes) is 1. The third kappa shape index (κ3) is 2.78. The largest absolute Gasteiger partial charge is 0.301 e. The Morgan fingerprint density at radius 1 is 1.25 bits per heavy atom. The number of rotatable bonds is 4. The smallest absolute Gasteiger partial charge is 0.00951 e. The maximum Gasteiger partial charge on any atom is 0.00951 e. The third-order valence-electron chi connectivity index (χ3n) is 3.05. The van der Waals surface area contributed by atoms with Gasteiger partial charge in [0.15, 0.2) is 0 Å². The molecule has 1 heteroatoms. The molecule has 1 aliphatic heterocycles. The summed E-state index contributed by atoms with van der Waals surface area (Å²) in [6, 6.07) is 0.920. The van der Waals surface area contributed by atoms with Crippen LogP contribution in [-0.2, 0) is 0 Å². The lowest BCUT2D eigenvalue weighted by molar-refractivity contribution is 0.146. The summed E-state index contributed by atoms with van der Waals surface area (Å²) in [5.41, 5.74) is 0. The zero-order valence-electron chi connectivity index (χ0n) is 8.68. The van der Waals surface area contributed by atoms with Crippen LogP contribution in [0.3, 0.4) is 0 Å². The molecule has 0 radical (unpaired) electrons. The normalized spacial score (nSPS) is 26.0. The summed E-state index contributed by atoms with van der Waals surface area (Å²) in [5.74, 6) is 0. The first-order valence-electron chi connectivity index (χ1n) is 5.62. The Morgan fingerprint density at radius 2 is 2.08 bits per heavy atom. The van der Waals surface area contributed by atoms with Crippen LogP contribution in [0.2, 0.25) is 0 Å². The van der Waals surface area contributed by atoms with Crippen molar-refractivity contribution in [2.24, 2.45) is 0 Å². The third-order valence-corrected chi connectivity index (χ3v) is 3.05. The van der Waals surface area contributed by atoms with E-state index in [0.717, 1.165) is 6.04 Å². The lowest BCUT2D eigenvalue weighted by Gasteiger charge is -2.34. The van der Waals surface area contributed by atoms with Gasteiger partial charge in [0.2, 0.25) is 0 Å². The SMILES string of the molecule is CCCCC1CCCCN1CC. The van der Waals surface area contributed by atoms with Gasteiger partial charge in [0.25, 0.3) is 0 Å². The topological polar surface area (TPSA) is 3.24 Å². The molecular formula is C11H23N. The van der Waals surface area contributed by atoms with Crippen LogP contribution >= 0.6 is 0 Å². The van der Waals surface area contributed by atoms with E-state index in [1.165, 1.54) is 51.6 Å². The maximum atomic E-state index is 2.67. The predicted molar refractivity (Wildman–Crippen MR) is 54.4 cm³/mol. The highest BCUT2D eigenvalue weighted by Crippen LogP contribution is 2.20. The monoisotopic (exact) mass is 169 g/mol. The molecule has 0 aromatic heterocycles. The average Bonchev–Trinajstić information content (AvgIpc) is 2.15. The number of nitrogens with zero attached hydrogens (tertiary/aromatic N) is 1. The molecule has 0 bridgehead atoms. The van der Waals surface area contributed by atoms with Crippen LogP contribution in [0.4, 0.5) is 0 Å². The summed E-state index contributed by atoms with van der Waals surface area (Å²) in [7, 11) is 0. The van der Waals surface area contributed by atoms with Gasteiger partial charge in [0.1, 0.15) is 0 Å². The van der Waals surface area contributed by atoms with Crippen molar-refractivity contribution in [1.29, 1.82) is 0 Å². The second-order valence-electron chi connectivity index (χ2n) is 3.92. The van der Waals surface area contributed by atoms with Crippen molar-refractivity contribution in [1.82, 2.24) is 4.90 Å².